The standard InChI is InChI=1S/C28H34F4N8O5/c1-15-21(38-45-37-15)23(41)36-22(16-3-6-27(29,30)7-4-16)18-13-40-25(35-18)34-17(12-33-40)19-11-26(2,43)9-10-39(19)24(42)20-5-8-28(31,32)14-44-20/h12-13,16,19-20,22,43H,3-11,14H2,1-2H3,(H,36,41)/t19-,20-,22-,26-/m0/s1. The van der Waals surface area contributed by atoms with Crippen LogP contribution in [0.25, 0.3) is 5.78 Å². The summed E-state index contributed by atoms with van der Waals surface area (Å²) in [5, 5.41) is 25.4. The van der Waals surface area contributed by atoms with Crippen LogP contribution in [0.15, 0.2) is 17.0 Å². The Balaban J connectivity index is 1.29. The summed E-state index contributed by atoms with van der Waals surface area (Å²) >= 11 is 0. The number of halogens is 4. The quantitative estimate of drug-likeness (QED) is 0.383. The number of piperidine rings is 1. The first-order chi connectivity index (χ1) is 21.2. The van der Waals surface area contributed by atoms with E-state index in [2.05, 4.69) is 35.3 Å². The molecule has 0 bridgehead atoms. The molecular weight excluding hydrogens is 604 g/mol. The van der Waals surface area contributed by atoms with Crippen molar-refractivity contribution < 1.29 is 41.6 Å². The van der Waals surface area contributed by atoms with Crippen LogP contribution in [0.1, 0.15) is 97.9 Å². The topological polar surface area (TPSA) is 161 Å². The van der Waals surface area contributed by atoms with Crippen molar-refractivity contribution in [2.24, 2.45) is 5.92 Å². The van der Waals surface area contributed by atoms with Crippen molar-refractivity contribution in [2.75, 3.05) is 13.2 Å². The second-order valence-electron chi connectivity index (χ2n) is 12.6. The van der Waals surface area contributed by atoms with E-state index in [1.54, 1.807) is 20.0 Å². The van der Waals surface area contributed by atoms with Gasteiger partial charge in [-0.1, -0.05) is 5.16 Å². The van der Waals surface area contributed by atoms with Crippen LogP contribution in [0, 0.1) is 12.8 Å². The van der Waals surface area contributed by atoms with Crippen LogP contribution in [0.5, 0.6) is 0 Å². The smallest absolute Gasteiger partial charge is 0.276 e. The van der Waals surface area contributed by atoms with Gasteiger partial charge in [-0.15, -0.1) is 0 Å². The average molecular weight is 639 g/mol. The molecule has 2 saturated heterocycles. The highest BCUT2D eigenvalue weighted by molar-refractivity contribution is 5.93. The van der Waals surface area contributed by atoms with Gasteiger partial charge in [-0.05, 0) is 50.6 Å². The fraction of sp³-hybridized carbons (Fsp3) is 0.679. The Morgan fingerprint density at radius 2 is 1.80 bits per heavy atom. The maximum absolute atomic E-state index is 14.0. The molecule has 17 heteroatoms. The third-order valence-electron chi connectivity index (χ3n) is 9.01. The fourth-order valence-electron chi connectivity index (χ4n) is 6.37. The van der Waals surface area contributed by atoms with E-state index in [0.717, 1.165) is 0 Å². The van der Waals surface area contributed by atoms with Crippen LogP contribution in [0.4, 0.5) is 17.6 Å². The first-order valence-electron chi connectivity index (χ1n) is 14.9. The Morgan fingerprint density at radius 3 is 2.47 bits per heavy atom. The Bertz CT molecular complexity index is 1560. The maximum atomic E-state index is 14.0. The number of aryl methyl sites for hydroxylation is 1. The third-order valence-corrected chi connectivity index (χ3v) is 9.01. The normalized spacial score (nSPS) is 27.8. The van der Waals surface area contributed by atoms with Crippen LogP contribution in [0.3, 0.4) is 0 Å². The number of carbonyl (C=O) groups is 2. The maximum Gasteiger partial charge on any atom is 0.276 e. The summed E-state index contributed by atoms with van der Waals surface area (Å²) in [5.41, 5.74) is -0.258. The molecule has 3 aromatic heterocycles. The minimum Gasteiger partial charge on any atom is -0.390 e. The summed E-state index contributed by atoms with van der Waals surface area (Å²) in [6, 6.07) is -1.53. The van der Waals surface area contributed by atoms with Crippen molar-refractivity contribution >= 4 is 17.6 Å². The van der Waals surface area contributed by atoms with Crippen LogP contribution in [-0.4, -0.2) is 88.4 Å². The Labute approximate surface area is 254 Å². The lowest BCUT2D eigenvalue weighted by Gasteiger charge is -2.43. The van der Waals surface area contributed by atoms with Crippen molar-refractivity contribution in [2.45, 2.75) is 101 Å². The van der Waals surface area contributed by atoms with E-state index in [9.17, 15) is 32.3 Å². The van der Waals surface area contributed by atoms with E-state index >= 15 is 0 Å². The summed E-state index contributed by atoms with van der Waals surface area (Å²) in [4.78, 5) is 37.3. The summed E-state index contributed by atoms with van der Waals surface area (Å²) in [5.74, 6) is -7.10. The molecule has 6 rings (SSSR count). The Hall–Kier alpha value is -3.73. The zero-order chi connectivity index (χ0) is 32.1. The number of imidazole rings is 1. The molecule has 1 saturated carbocycles. The number of aromatic nitrogens is 6. The Kier molecular flexibility index (Phi) is 8.04. The number of aliphatic hydroxyl groups is 1. The molecule has 13 nitrogen and oxygen atoms in total. The second-order valence-corrected chi connectivity index (χ2v) is 12.6. The van der Waals surface area contributed by atoms with E-state index in [4.69, 9.17) is 4.74 Å². The predicted octanol–water partition coefficient (Wildman–Crippen LogP) is 3.34. The van der Waals surface area contributed by atoms with Gasteiger partial charge >= 0.3 is 0 Å². The zero-order valence-electron chi connectivity index (χ0n) is 24.8. The highest BCUT2D eigenvalue weighted by atomic mass is 19.3. The first kappa shape index (κ1) is 31.3. The number of nitrogens with zero attached hydrogens (tertiary/aromatic N) is 7. The highest BCUT2D eigenvalue weighted by Gasteiger charge is 2.45. The van der Waals surface area contributed by atoms with Gasteiger partial charge in [-0.25, -0.2) is 36.7 Å². The number of hydrogen-bond acceptors (Lipinski definition) is 10. The zero-order valence-corrected chi connectivity index (χ0v) is 24.8. The van der Waals surface area contributed by atoms with Gasteiger partial charge in [0.25, 0.3) is 23.5 Å². The Morgan fingerprint density at radius 1 is 1.07 bits per heavy atom. The molecule has 3 aromatic rings. The number of rotatable bonds is 6. The minimum absolute atomic E-state index is 0.0387. The van der Waals surface area contributed by atoms with E-state index in [1.165, 1.54) is 15.6 Å². The van der Waals surface area contributed by atoms with E-state index in [0.29, 0.717) is 11.4 Å². The molecule has 1 aliphatic carbocycles. The second kappa shape index (κ2) is 11.6. The number of ether oxygens (including phenoxy) is 1. The van der Waals surface area contributed by atoms with Gasteiger partial charge in [-0.3, -0.25) is 9.59 Å². The number of fused-ring (bicyclic) bond motifs is 1. The summed E-state index contributed by atoms with van der Waals surface area (Å²) in [6.45, 7) is 2.50. The number of carbonyl (C=O) groups excluding carboxylic acids is 2. The van der Waals surface area contributed by atoms with Crippen molar-refractivity contribution in [3.05, 3.63) is 35.2 Å². The van der Waals surface area contributed by atoms with Crippen molar-refractivity contribution in [3.8, 4) is 0 Å². The molecule has 0 aromatic carbocycles. The lowest BCUT2D eigenvalue weighted by atomic mass is 9.81. The SMILES string of the molecule is Cc1nonc1C(=O)N[C@H](c1cn2ncc([C@@H]3C[C@@](C)(O)CCN3C(=O)[C@@H]3CCC(F)(F)CO3)nc2n1)C1CCC(F)(F)CC1. The van der Waals surface area contributed by atoms with Gasteiger partial charge in [0, 0.05) is 32.2 Å². The number of amides is 2. The molecule has 45 heavy (non-hydrogen) atoms. The molecule has 2 aliphatic heterocycles. The van der Waals surface area contributed by atoms with Gasteiger partial charge in [0.15, 0.2) is 5.69 Å². The van der Waals surface area contributed by atoms with Gasteiger partial charge < -0.3 is 20.1 Å². The van der Waals surface area contributed by atoms with Gasteiger partial charge in [0.05, 0.1) is 41.5 Å². The van der Waals surface area contributed by atoms with E-state index in [-0.39, 0.29) is 74.6 Å². The molecule has 4 atom stereocenters. The number of alkyl halides is 4. The van der Waals surface area contributed by atoms with Crippen molar-refractivity contribution in [3.63, 3.8) is 0 Å². The van der Waals surface area contributed by atoms with E-state index < -0.39 is 60.5 Å². The molecular formula is C28H34F4N8O5. The lowest BCUT2D eigenvalue weighted by molar-refractivity contribution is -0.175. The molecule has 0 radical (unpaired) electrons. The summed E-state index contributed by atoms with van der Waals surface area (Å²) < 4.78 is 66.6. The predicted molar refractivity (Wildman–Crippen MR) is 145 cm³/mol. The number of hydrogen-bond donors (Lipinski definition) is 2. The van der Waals surface area contributed by atoms with Gasteiger partial charge in [-0.2, -0.15) is 5.10 Å². The van der Waals surface area contributed by atoms with Crippen LogP contribution in [-0.2, 0) is 9.53 Å². The molecule has 0 unspecified atom stereocenters. The molecule has 3 fully saturated rings. The fourth-order valence-corrected chi connectivity index (χ4v) is 6.37. The molecule has 3 aliphatic rings. The lowest BCUT2D eigenvalue weighted by Crippen LogP contribution is -2.52. The van der Waals surface area contributed by atoms with Crippen LogP contribution < -0.4 is 5.32 Å². The molecule has 5 heterocycles. The molecule has 2 N–H and O–H groups in total. The third kappa shape index (κ3) is 6.64. The number of likely N-dealkylation sites (tertiary alicyclic amines) is 1. The molecule has 2 amide bonds. The van der Waals surface area contributed by atoms with Crippen LogP contribution in [0.2, 0.25) is 0 Å². The largest absolute Gasteiger partial charge is 0.390 e. The van der Waals surface area contributed by atoms with Gasteiger partial charge in [0.2, 0.25) is 5.92 Å². The van der Waals surface area contributed by atoms with Crippen molar-refractivity contribution in [1.29, 1.82) is 0 Å². The van der Waals surface area contributed by atoms with Crippen LogP contribution >= 0.6 is 0 Å². The van der Waals surface area contributed by atoms with E-state index in [1.807, 2.05) is 0 Å². The minimum atomic E-state index is -2.99. The number of nitrogens with one attached hydrogen (secondary N) is 1. The first-order valence-corrected chi connectivity index (χ1v) is 14.9. The highest BCUT2D eigenvalue weighted by Crippen LogP contribution is 2.42. The monoisotopic (exact) mass is 638 g/mol. The van der Waals surface area contributed by atoms with Crippen molar-refractivity contribution in [1.82, 2.24) is 40.1 Å². The van der Waals surface area contributed by atoms with Gasteiger partial charge in [0.1, 0.15) is 18.4 Å². The summed E-state index contributed by atoms with van der Waals surface area (Å²) in [6.07, 6.45) is 1.31. The average Bonchev–Trinajstić information content (AvgIpc) is 3.61. The summed E-state index contributed by atoms with van der Waals surface area (Å²) in [7, 11) is 0. The molecule has 0 spiro atoms. The molecule has 244 valence electrons.